The minimum absolute atomic E-state index is 0.0376. The van der Waals surface area contributed by atoms with Crippen LogP contribution in [0.4, 0.5) is 5.82 Å². The molecule has 1 N–H and O–H groups in total. The van der Waals surface area contributed by atoms with Crippen LogP contribution in [-0.2, 0) is 4.74 Å². The molecule has 3 aliphatic rings. The van der Waals surface area contributed by atoms with Crippen molar-refractivity contribution in [3.05, 3.63) is 29.5 Å². The van der Waals surface area contributed by atoms with E-state index in [4.69, 9.17) is 26.1 Å². The van der Waals surface area contributed by atoms with Gasteiger partial charge in [0.15, 0.2) is 0 Å². The van der Waals surface area contributed by atoms with Gasteiger partial charge >= 0.3 is 0 Å². The third-order valence-electron chi connectivity index (χ3n) is 7.35. The Morgan fingerprint density at radius 1 is 1.12 bits per heavy atom. The van der Waals surface area contributed by atoms with Crippen molar-refractivity contribution in [3.8, 4) is 6.01 Å². The van der Waals surface area contributed by atoms with E-state index in [-0.39, 0.29) is 6.10 Å². The normalized spacial score (nSPS) is 22.5. The number of anilines is 1. The van der Waals surface area contributed by atoms with E-state index in [0.717, 1.165) is 52.9 Å². The van der Waals surface area contributed by atoms with Crippen molar-refractivity contribution in [2.45, 2.75) is 61.0 Å². The molecule has 2 aromatic heterocycles. The van der Waals surface area contributed by atoms with Crippen LogP contribution in [-0.4, -0.2) is 52.3 Å². The summed E-state index contributed by atoms with van der Waals surface area (Å²) in [4.78, 5) is 20.4. The van der Waals surface area contributed by atoms with Crippen LogP contribution in [0.5, 0.6) is 6.01 Å². The van der Waals surface area contributed by atoms with Crippen molar-refractivity contribution < 1.29 is 9.47 Å². The molecule has 1 saturated carbocycles. The summed E-state index contributed by atoms with van der Waals surface area (Å²) in [7, 11) is 0. The van der Waals surface area contributed by atoms with Crippen LogP contribution in [0.3, 0.4) is 0 Å². The lowest BCUT2D eigenvalue weighted by Crippen LogP contribution is -2.39. The van der Waals surface area contributed by atoms with Crippen molar-refractivity contribution in [2.75, 3.05) is 31.2 Å². The minimum atomic E-state index is 0.0376. The molecule has 0 bridgehead atoms. The molecule has 1 aromatic carbocycles. The predicted octanol–water partition coefficient (Wildman–Crippen LogP) is 5.49. The molecule has 0 radical (unpaired) electrons. The molecule has 3 fully saturated rings. The van der Waals surface area contributed by atoms with E-state index in [1.807, 2.05) is 24.5 Å². The average Bonchev–Trinajstić information content (AvgIpc) is 3.60. The van der Waals surface area contributed by atoms with Crippen molar-refractivity contribution in [1.82, 2.24) is 19.9 Å². The molecule has 1 atom stereocenters. The summed E-state index contributed by atoms with van der Waals surface area (Å²) in [5, 5.41) is 1.44. The van der Waals surface area contributed by atoms with E-state index in [2.05, 4.69) is 19.9 Å². The largest absolute Gasteiger partial charge is 0.459 e. The number of nitrogens with one attached hydrogen (secondary N) is 1. The number of fused-ring (bicyclic) bond motifs is 1. The maximum absolute atomic E-state index is 6.71. The lowest BCUT2D eigenvalue weighted by molar-refractivity contribution is 0.135. The molecular weight excluding hydrogens is 458 g/mol. The summed E-state index contributed by atoms with van der Waals surface area (Å²) in [6, 6.07) is 4.40. The average molecular weight is 486 g/mol. The SMILES string of the molecule is Clc1c(Sc2cnc(N3CCC4(CCCC4)CC3)cn2)ccc2nc(OC3CCOC3)[nH]c12. The fraction of sp³-hybridized carbons (Fsp3) is 0.542. The molecule has 3 aromatic rings. The van der Waals surface area contributed by atoms with Crippen LogP contribution < -0.4 is 9.64 Å². The Hall–Kier alpha value is -2.03. The molecular formula is C24H28ClN5O2S. The number of imidazole rings is 1. The number of ether oxygens (including phenoxy) is 2. The van der Waals surface area contributed by atoms with Crippen LogP contribution >= 0.6 is 23.4 Å². The smallest absolute Gasteiger partial charge is 0.295 e. The van der Waals surface area contributed by atoms with Crippen LogP contribution in [0, 0.1) is 5.41 Å². The molecule has 6 rings (SSSR count). The zero-order valence-electron chi connectivity index (χ0n) is 18.6. The van der Waals surface area contributed by atoms with E-state index in [9.17, 15) is 0 Å². The highest BCUT2D eigenvalue weighted by molar-refractivity contribution is 7.99. The number of rotatable bonds is 5. The topological polar surface area (TPSA) is 76.2 Å². The van der Waals surface area contributed by atoms with Crippen LogP contribution in [0.25, 0.3) is 11.0 Å². The second-order valence-corrected chi connectivity index (χ2v) is 10.9. The van der Waals surface area contributed by atoms with Gasteiger partial charge in [-0.25, -0.2) is 9.97 Å². The van der Waals surface area contributed by atoms with Crippen molar-refractivity contribution in [3.63, 3.8) is 0 Å². The molecule has 0 amide bonds. The number of halogens is 1. The highest BCUT2D eigenvalue weighted by atomic mass is 35.5. The summed E-state index contributed by atoms with van der Waals surface area (Å²) < 4.78 is 11.3. The molecule has 174 valence electrons. The standard InChI is InChI=1S/C24H28ClN5O2S/c25-21-18(4-3-17-22(21)29-23(28-17)32-16-5-12-31-15-16)33-20-14-26-19(13-27-20)30-10-8-24(9-11-30)6-1-2-7-24/h3-4,13-14,16H,1-2,5-12,15H2,(H,28,29). The van der Waals surface area contributed by atoms with Gasteiger partial charge in [0.1, 0.15) is 16.9 Å². The Labute approximate surface area is 202 Å². The number of benzene rings is 1. The third kappa shape index (κ3) is 4.40. The lowest BCUT2D eigenvalue weighted by atomic mass is 9.77. The first-order valence-electron chi connectivity index (χ1n) is 11.9. The summed E-state index contributed by atoms with van der Waals surface area (Å²) in [6.07, 6.45) is 12.8. The molecule has 4 heterocycles. The Kier molecular flexibility index (Phi) is 5.84. The highest BCUT2D eigenvalue weighted by Crippen LogP contribution is 2.46. The lowest BCUT2D eigenvalue weighted by Gasteiger charge is -2.39. The maximum Gasteiger partial charge on any atom is 0.295 e. The van der Waals surface area contributed by atoms with E-state index >= 15 is 0 Å². The van der Waals surface area contributed by atoms with Gasteiger partial charge in [0.05, 0.1) is 41.7 Å². The molecule has 33 heavy (non-hydrogen) atoms. The summed E-state index contributed by atoms with van der Waals surface area (Å²) in [5.74, 6) is 0.972. The fourth-order valence-electron chi connectivity index (χ4n) is 5.37. The second-order valence-electron chi connectivity index (χ2n) is 9.43. The Balaban J connectivity index is 1.13. The predicted molar refractivity (Wildman–Crippen MR) is 129 cm³/mol. The van der Waals surface area contributed by atoms with E-state index in [1.165, 1.54) is 50.3 Å². The van der Waals surface area contributed by atoms with Gasteiger partial charge in [-0.15, -0.1) is 0 Å². The number of piperidine rings is 1. The van der Waals surface area contributed by atoms with Gasteiger partial charge in [0, 0.05) is 24.4 Å². The first kappa shape index (κ1) is 21.5. The molecule has 9 heteroatoms. The Morgan fingerprint density at radius 2 is 1.97 bits per heavy atom. The van der Waals surface area contributed by atoms with Gasteiger partial charge in [-0.3, -0.25) is 0 Å². The maximum atomic E-state index is 6.71. The molecule has 2 aliphatic heterocycles. The number of nitrogens with zero attached hydrogens (tertiary/aromatic N) is 4. The second kappa shape index (κ2) is 8.96. The number of hydrogen-bond donors (Lipinski definition) is 1. The van der Waals surface area contributed by atoms with Gasteiger partial charge in [0.2, 0.25) is 0 Å². The Morgan fingerprint density at radius 3 is 2.70 bits per heavy atom. The number of H-pyrrole nitrogens is 1. The number of hydrogen-bond acceptors (Lipinski definition) is 7. The fourth-order valence-corrected chi connectivity index (χ4v) is 6.46. The third-order valence-corrected chi connectivity index (χ3v) is 8.83. The molecule has 1 unspecified atom stereocenters. The van der Waals surface area contributed by atoms with Crippen LogP contribution in [0.1, 0.15) is 44.9 Å². The zero-order chi connectivity index (χ0) is 22.3. The zero-order valence-corrected chi connectivity index (χ0v) is 20.1. The van der Waals surface area contributed by atoms with Gasteiger partial charge in [0.25, 0.3) is 6.01 Å². The van der Waals surface area contributed by atoms with Crippen LogP contribution in [0.2, 0.25) is 5.02 Å². The van der Waals surface area contributed by atoms with Crippen molar-refractivity contribution in [2.24, 2.45) is 5.41 Å². The molecule has 7 nitrogen and oxygen atoms in total. The summed E-state index contributed by atoms with van der Waals surface area (Å²) >= 11 is 8.21. The first-order valence-corrected chi connectivity index (χ1v) is 13.0. The van der Waals surface area contributed by atoms with Gasteiger partial charge < -0.3 is 19.4 Å². The van der Waals surface area contributed by atoms with E-state index in [0.29, 0.717) is 23.1 Å². The van der Waals surface area contributed by atoms with Crippen molar-refractivity contribution in [1.29, 1.82) is 0 Å². The van der Waals surface area contributed by atoms with E-state index in [1.54, 1.807) is 0 Å². The summed E-state index contributed by atoms with van der Waals surface area (Å²) in [6.45, 7) is 3.49. The highest BCUT2D eigenvalue weighted by Gasteiger charge is 2.37. The van der Waals surface area contributed by atoms with Gasteiger partial charge in [-0.05, 0) is 43.2 Å². The Bertz CT molecular complexity index is 1120. The molecule has 2 saturated heterocycles. The quantitative estimate of drug-likeness (QED) is 0.512. The van der Waals surface area contributed by atoms with Crippen LogP contribution in [0.15, 0.2) is 34.4 Å². The van der Waals surface area contributed by atoms with Gasteiger partial charge in [-0.2, -0.15) is 4.98 Å². The summed E-state index contributed by atoms with van der Waals surface area (Å²) in [5.41, 5.74) is 2.16. The molecule has 1 aliphatic carbocycles. The van der Waals surface area contributed by atoms with E-state index < -0.39 is 0 Å². The van der Waals surface area contributed by atoms with Crippen molar-refractivity contribution >= 4 is 40.2 Å². The minimum Gasteiger partial charge on any atom is -0.459 e. The monoisotopic (exact) mass is 485 g/mol. The number of aromatic amines is 1. The first-order chi connectivity index (χ1) is 16.2. The number of aromatic nitrogens is 4. The molecule has 1 spiro atoms. The van der Waals surface area contributed by atoms with Gasteiger partial charge in [-0.1, -0.05) is 36.2 Å².